The third kappa shape index (κ3) is 1.94. The molecule has 7 heteroatoms. The summed E-state index contributed by atoms with van der Waals surface area (Å²) in [4.78, 5) is 34.6. The highest BCUT2D eigenvalue weighted by molar-refractivity contribution is 5.71. The standard InChI is InChI=1S/C8H7N3O4/c1-4(7(13)14)11-3-5(2-9)6(12)10-8(11)15/h3-4H,1H3,(H,13,14)(H,10,12,15)/t4-/m1/s1. The molecule has 0 fully saturated rings. The van der Waals surface area contributed by atoms with Crippen molar-refractivity contribution in [1.82, 2.24) is 9.55 Å². The fourth-order valence-corrected chi connectivity index (χ4v) is 0.972. The number of hydrogen-bond acceptors (Lipinski definition) is 4. The van der Waals surface area contributed by atoms with Gasteiger partial charge < -0.3 is 5.11 Å². The van der Waals surface area contributed by atoms with Crippen molar-refractivity contribution in [1.29, 1.82) is 5.26 Å². The average molecular weight is 209 g/mol. The van der Waals surface area contributed by atoms with Gasteiger partial charge in [0.05, 0.1) is 0 Å². The summed E-state index contributed by atoms with van der Waals surface area (Å²) in [7, 11) is 0. The number of carboxylic acids is 1. The average Bonchev–Trinajstić information content (AvgIpc) is 2.17. The number of H-pyrrole nitrogens is 1. The Kier molecular flexibility index (Phi) is 2.71. The number of nitriles is 1. The summed E-state index contributed by atoms with van der Waals surface area (Å²) in [5, 5.41) is 17.2. The first-order valence-corrected chi connectivity index (χ1v) is 3.95. The van der Waals surface area contributed by atoms with Crippen molar-refractivity contribution in [3.63, 3.8) is 0 Å². The van der Waals surface area contributed by atoms with Crippen LogP contribution in [0.2, 0.25) is 0 Å². The van der Waals surface area contributed by atoms with Crippen molar-refractivity contribution in [2.75, 3.05) is 0 Å². The molecule has 0 saturated carbocycles. The minimum atomic E-state index is -1.23. The maximum Gasteiger partial charge on any atom is 0.329 e. The second-order valence-electron chi connectivity index (χ2n) is 2.84. The summed E-state index contributed by atoms with van der Waals surface area (Å²) >= 11 is 0. The van der Waals surface area contributed by atoms with Gasteiger partial charge in [0.25, 0.3) is 5.56 Å². The first-order valence-electron chi connectivity index (χ1n) is 3.95. The second-order valence-corrected chi connectivity index (χ2v) is 2.84. The number of carbonyl (C=O) groups is 1. The first kappa shape index (κ1) is 10.7. The normalized spacial score (nSPS) is 11.7. The molecule has 1 atom stereocenters. The highest BCUT2D eigenvalue weighted by Crippen LogP contribution is 2.00. The van der Waals surface area contributed by atoms with Gasteiger partial charge in [-0.25, -0.2) is 9.59 Å². The van der Waals surface area contributed by atoms with E-state index in [1.165, 1.54) is 6.92 Å². The van der Waals surface area contributed by atoms with E-state index in [9.17, 15) is 14.4 Å². The Balaban J connectivity index is 3.46. The van der Waals surface area contributed by atoms with Crippen LogP contribution in [0.5, 0.6) is 0 Å². The molecule has 0 aliphatic rings. The maximum absolute atomic E-state index is 11.2. The number of hydrogen-bond donors (Lipinski definition) is 2. The lowest BCUT2D eigenvalue weighted by Gasteiger charge is -2.08. The van der Waals surface area contributed by atoms with Crippen LogP contribution in [0.15, 0.2) is 15.8 Å². The van der Waals surface area contributed by atoms with E-state index < -0.39 is 23.3 Å². The smallest absolute Gasteiger partial charge is 0.329 e. The molecule has 7 nitrogen and oxygen atoms in total. The van der Waals surface area contributed by atoms with E-state index in [2.05, 4.69) is 0 Å². The fourth-order valence-electron chi connectivity index (χ4n) is 0.972. The Morgan fingerprint density at radius 2 is 2.27 bits per heavy atom. The second kappa shape index (κ2) is 3.79. The van der Waals surface area contributed by atoms with Crippen LogP contribution in [0.25, 0.3) is 0 Å². The van der Waals surface area contributed by atoms with Crippen molar-refractivity contribution in [3.8, 4) is 6.07 Å². The minimum absolute atomic E-state index is 0.303. The Labute approximate surface area is 83.2 Å². The summed E-state index contributed by atoms with van der Waals surface area (Å²) < 4.78 is 0.780. The van der Waals surface area contributed by atoms with E-state index in [0.29, 0.717) is 0 Å². The van der Waals surface area contributed by atoms with E-state index in [4.69, 9.17) is 10.4 Å². The number of nitrogens with one attached hydrogen (secondary N) is 1. The molecule has 1 aromatic heterocycles. The third-order valence-electron chi connectivity index (χ3n) is 1.86. The Hall–Kier alpha value is -2.36. The van der Waals surface area contributed by atoms with Gasteiger partial charge in [-0.2, -0.15) is 5.26 Å². The molecular formula is C8H7N3O4. The Bertz CT molecular complexity index is 548. The zero-order valence-corrected chi connectivity index (χ0v) is 7.72. The van der Waals surface area contributed by atoms with Gasteiger partial charge >= 0.3 is 11.7 Å². The molecule has 0 aromatic carbocycles. The summed E-state index contributed by atoms with van der Waals surface area (Å²) in [5.41, 5.74) is -1.98. The molecule has 0 spiro atoms. The molecule has 0 amide bonds. The van der Waals surface area contributed by atoms with E-state index in [0.717, 1.165) is 10.8 Å². The molecule has 0 bridgehead atoms. The highest BCUT2D eigenvalue weighted by Gasteiger charge is 2.16. The van der Waals surface area contributed by atoms with Crippen LogP contribution in [0.3, 0.4) is 0 Å². The van der Waals surface area contributed by atoms with Gasteiger partial charge in [-0.3, -0.25) is 14.3 Å². The van der Waals surface area contributed by atoms with Gasteiger partial charge in [-0.15, -0.1) is 0 Å². The Morgan fingerprint density at radius 1 is 1.67 bits per heavy atom. The molecule has 0 aliphatic heterocycles. The van der Waals surface area contributed by atoms with Crippen molar-refractivity contribution in [2.24, 2.45) is 0 Å². The molecule has 1 aromatic rings. The number of nitrogens with zero attached hydrogens (tertiary/aromatic N) is 2. The van der Waals surface area contributed by atoms with E-state index in [1.54, 1.807) is 6.07 Å². The van der Waals surface area contributed by atoms with E-state index >= 15 is 0 Å². The largest absolute Gasteiger partial charge is 0.480 e. The van der Waals surface area contributed by atoms with Gasteiger partial charge in [0.15, 0.2) is 0 Å². The van der Waals surface area contributed by atoms with Gasteiger partial charge in [-0.1, -0.05) is 0 Å². The van der Waals surface area contributed by atoms with E-state index in [1.807, 2.05) is 4.98 Å². The van der Waals surface area contributed by atoms with Crippen LogP contribution in [-0.4, -0.2) is 20.6 Å². The van der Waals surface area contributed by atoms with Gasteiger partial charge in [0.1, 0.15) is 17.7 Å². The lowest BCUT2D eigenvalue weighted by Crippen LogP contribution is -2.35. The van der Waals surface area contributed by atoms with Gasteiger partial charge in [0, 0.05) is 6.20 Å². The summed E-state index contributed by atoms with van der Waals surface area (Å²) in [5.74, 6) is -1.23. The fraction of sp³-hybridized carbons (Fsp3) is 0.250. The van der Waals surface area contributed by atoms with Crippen LogP contribution < -0.4 is 11.2 Å². The number of rotatable bonds is 2. The van der Waals surface area contributed by atoms with Crippen molar-refractivity contribution in [3.05, 3.63) is 32.6 Å². The van der Waals surface area contributed by atoms with E-state index in [-0.39, 0.29) is 5.56 Å². The molecular weight excluding hydrogens is 202 g/mol. The molecule has 15 heavy (non-hydrogen) atoms. The molecule has 0 unspecified atom stereocenters. The van der Waals surface area contributed by atoms with Crippen molar-refractivity contribution < 1.29 is 9.90 Å². The third-order valence-corrected chi connectivity index (χ3v) is 1.86. The number of aromatic amines is 1. The zero-order chi connectivity index (χ0) is 11.6. The quantitative estimate of drug-likeness (QED) is 0.651. The van der Waals surface area contributed by atoms with Crippen LogP contribution >= 0.6 is 0 Å². The van der Waals surface area contributed by atoms with Crippen LogP contribution in [-0.2, 0) is 4.79 Å². The van der Waals surface area contributed by atoms with Crippen molar-refractivity contribution >= 4 is 5.97 Å². The molecule has 0 radical (unpaired) electrons. The SMILES string of the molecule is C[C@H](C(=O)O)n1cc(C#N)c(=O)[nH]c1=O. The molecule has 2 N–H and O–H groups in total. The summed E-state index contributed by atoms with van der Waals surface area (Å²) in [6.07, 6.45) is 0.931. The number of aliphatic carboxylic acids is 1. The minimum Gasteiger partial charge on any atom is -0.480 e. The van der Waals surface area contributed by atoms with Gasteiger partial charge in [-0.05, 0) is 6.92 Å². The lowest BCUT2D eigenvalue weighted by molar-refractivity contribution is -0.140. The summed E-state index contributed by atoms with van der Waals surface area (Å²) in [6.45, 7) is 1.27. The number of carboxylic acid groups (broad SMARTS) is 1. The highest BCUT2D eigenvalue weighted by atomic mass is 16.4. The van der Waals surface area contributed by atoms with Gasteiger partial charge in [0.2, 0.25) is 0 Å². The topological polar surface area (TPSA) is 116 Å². The molecule has 1 rings (SSSR count). The predicted octanol–water partition coefficient (Wildman–Crippen LogP) is -0.946. The van der Waals surface area contributed by atoms with Crippen LogP contribution in [0.4, 0.5) is 0 Å². The first-order chi connectivity index (χ1) is 6.97. The Morgan fingerprint density at radius 3 is 2.73 bits per heavy atom. The van der Waals surface area contributed by atoms with Crippen LogP contribution in [0, 0.1) is 11.3 Å². The molecule has 1 heterocycles. The summed E-state index contributed by atoms with van der Waals surface area (Å²) in [6, 6.07) is 0.423. The monoisotopic (exact) mass is 209 g/mol. The van der Waals surface area contributed by atoms with Crippen molar-refractivity contribution in [2.45, 2.75) is 13.0 Å². The predicted molar refractivity (Wildman–Crippen MR) is 48.4 cm³/mol. The molecule has 0 saturated heterocycles. The lowest BCUT2D eigenvalue weighted by atomic mass is 10.3. The van der Waals surface area contributed by atoms with Crippen LogP contribution in [0.1, 0.15) is 18.5 Å². The molecule has 78 valence electrons. The number of aromatic nitrogens is 2. The maximum atomic E-state index is 11.2. The molecule has 0 aliphatic carbocycles. The zero-order valence-electron chi connectivity index (χ0n) is 7.72.